The number of rotatable bonds is 5. The molecule has 0 spiro atoms. The molecule has 5 rings (SSSR count). The zero-order valence-corrected chi connectivity index (χ0v) is 16.8. The van der Waals surface area contributed by atoms with Crippen molar-refractivity contribution < 1.29 is 19.0 Å². The molecule has 3 aromatic rings. The number of aliphatic carboxylic acids is 1. The maximum atomic E-state index is 14.7. The van der Waals surface area contributed by atoms with Crippen molar-refractivity contribution in [1.29, 1.82) is 5.26 Å². The fourth-order valence-corrected chi connectivity index (χ4v) is 5.14. The summed E-state index contributed by atoms with van der Waals surface area (Å²) >= 11 is 1.39. The first-order valence-electron chi connectivity index (χ1n) is 9.85. The number of carbonyl (C=O) groups is 1. The predicted molar refractivity (Wildman–Crippen MR) is 111 cm³/mol. The van der Waals surface area contributed by atoms with Gasteiger partial charge in [-0.3, -0.25) is 4.79 Å². The van der Waals surface area contributed by atoms with E-state index in [1.54, 1.807) is 6.07 Å². The maximum absolute atomic E-state index is 14.7. The number of fused-ring (bicyclic) bond motifs is 1. The molecule has 1 fully saturated rings. The van der Waals surface area contributed by atoms with E-state index in [-0.39, 0.29) is 23.8 Å². The van der Waals surface area contributed by atoms with Gasteiger partial charge >= 0.3 is 5.97 Å². The number of hydrogen-bond donors (Lipinski definition) is 1. The summed E-state index contributed by atoms with van der Waals surface area (Å²) in [5.41, 5.74) is 4.23. The van der Waals surface area contributed by atoms with Gasteiger partial charge in [-0.25, -0.2) is 4.39 Å². The van der Waals surface area contributed by atoms with Gasteiger partial charge in [-0.1, -0.05) is 18.2 Å². The fourth-order valence-electron chi connectivity index (χ4n) is 4.45. The largest absolute Gasteiger partial charge is 0.486 e. The molecule has 1 aromatic heterocycles. The van der Waals surface area contributed by atoms with Crippen LogP contribution in [-0.4, -0.2) is 11.1 Å². The third kappa shape index (κ3) is 3.16. The van der Waals surface area contributed by atoms with E-state index >= 15 is 0 Å². The van der Waals surface area contributed by atoms with Crippen molar-refractivity contribution in [2.24, 2.45) is 5.92 Å². The quantitative estimate of drug-likeness (QED) is 0.578. The highest BCUT2D eigenvalue weighted by Crippen LogP contribution is 2.48. The maximum Gasteiger partial charge on any atom is 0.307 e. The zero-order valence-electron chi connectivity index (χ0n) is 16.0. The number of benzene rings is 2. The molecule has 6 heteroatoms. The Morgan fingerprint density at radius 3 is 2.67 bits per heavy atom. The highest BCUT2D eigenvalue weighted by molar-refractivity contribution is 7.11. The summed E-state index contributed by atoms with van der Waals surface area (Å²) in [4.78, 5) is 11.7. The average molecular weight is 419 g/mol. The first-order valence-corrected chi connectivity index (χ1v) is 10.7. The lowest BCUT2D eigenvalue weighted by Crippen LogP contribution is -2.06. The number of nitriles is 1. The topological polar surface area (TPSA) is 70.3 Å². The van der Waals surface area contributed by atoms with Crippen LogP contribution in [0.3, 0.4) is 0 Å². The van der Waals surface area contributed by atoms with Crippen molar-refractivity contribution >= 4 is 17.3 Å². The number of carboxylic acids is 1. The summed E-state index contributed by atoms with van der Waals surface area (Å²) in [6.45, 7) is 0. The lowest BCUT2D eigenvalue weighted by atomic mass is 9.96. The lowest BCUT2D eigenvalue weighted by Gasteiger charge is -2.17. The Bertz CT molecular complexity index is 1180. The van der Waals surface area contributed by atoms with Crippen molar-refractivity contribution in [3.05, 3.63) is 75.2 Å². The Hall–Kier alpha value is -3.17. The van der Waals surface area contributed by atoms with Crippen LogP contribution in [-0.2, 0) is 11.2 Å². The van der Waals surface area contributed by atoms with Crippen molar-refractivity contribution in [2.45, 2.75) is 31.3 Å². The summed E-state index contributed by atoms with van der Waals surface area (Å²) in [6.07, 6.45) is 1.64. The lowest BCUT2D eigenvalue weighted by molar-refractivity contribution is -0.138. The second-order valence-corrected chi connectivity index (χ2v) is 8.68. The van der Waals surface area contributed by atoms with Gasteiger partial charge < -0.3 is 9.84 Å². The third-order valence-electron chi connectivity index (χ3n) is 6.03. The first kappa shape index (κ1) is 18.8. The van der Waals surface area contributed by atoms with Crippen molar-refractivity contribution in [3.63, 3.8) is 0 Å². The Balaban J connectivity index is 1.40. The Morgan fingerprint density at radius 1 is 1.17 bits per heavy atom. The van der Waals surface area contributed by atoms with Gasteiger partial charge in [-0.15, -0.1) is 11.3 Å². The molecule has 2 aliphatic rings. The summed E-state index contributed by atoms with van der Waals surface area (Å²) in [6, 6.07) is 14.8. The SMILES string of the molecule is N#Cc1sccc1-c1ccc(F)c2c1CCC2Oc1ccc([C@H]2C[C@@H]2C(=O)O)cc1. The average Bonchev–Trinajstić information content (AvgIpc) is 3.22. The van der Waals surface area contributed by atoms with Crippen LogP contribution in [0.25, 0.3) is 11.1 Å². The minimum absolute atomic E-state index is 0.0729. The molecule has 1 saturated carbocycles. The Morgan fingerprint density at radius 2 is 1.97 bits per heavy atom. The van der Waals surface area contributed by atoms with Crippen LogP contribution in [0.2, 0.25) is 0 Å². The van der Waals surface area contributed by atoms with Gasteiger partial charge in [-0.2, -0.15) is 5.26 Å². The second-order valence-electron chi connectivity index (χ2n) is 7.76. The zero-order chi connectivity index (χ0) is 20.8. The van der Waals surface area contributed by atoms with Crippen LogP contribution in [0.4, 0.5) is 4.39 Å². The number of ether oxygens (including phenoxy) is 1. The van der Waals surface area contributed by atoms with Gasteiger partial charge in [0.25, 0.3) is 0 Å². The molecule has 0 amide bonds. The van der Waals surface area contributed by atoms with Crippen LogP contribution in [0.1, 0.15) is 46.4 Å². The van der Waals surface area contributed by atoms with Crippen LogP contribution >= 0.6 is 11.3 Å². The van der Waals surface area contributed by atoms with E-state index in [1.165, 1.54) is 17.4 Å². The highest BCUT2D eigenvalue weighted by atomic mass is 32.1. The van der Waals surface area contributed by atoms with Crippen LogP contribution in [0.15, 0.2) is 47.8 Å². The molecule has 0 bridgehead atoms. The standard InChI is InChI=1S/C24H18FNO3S/c25-20-7-5-15(16-9-10-30-22(16)12-26)17-6-8-21(23(17)20)29-14-3-1-13(2-4-14)18-11-19(18)24(27)28/h1-5,7,9-10,18-19,21H,6,8,11H2,(H,27,28)/t18-,19+,21?/m1/s1. The monoisotopic (exact) mass is 419 g/mol. The van der Waals surface area contributed by atoms with E-state index in [0.717, 1.165) is 22.3 Å². The van der Waals surface area contributed by atoms with E-state index in [0.29, 0.717) is 35.5 Å². The fraction of sp³-hybridized carbons (Fsp3) is 0.250. The molecule has 30 heavy (non-hydrogen) atoms. The molecule has 4 nitrogen and oxygen atoms in total. The molecule has 150 valence electrons. The van der Waals surface area contributed by atoms with Crippen molar-refractivity contribution in [2.75, 3.05) is 0 Å². The summed E-state index contributed by atoms with van der Waals surface area (Å²) in [5, 5.41) is 20.3. The molecule has 0 radical (unpaired) electrons. The van der Waals surface area contributed by atoms with E-state index in [4.69, 9.17) is 9.84 Å². The smallest absolute Gasteiger partial charge is 0.307 e. The minimum Gasteiger partial charge on any atom is -0.486 e. The van der Waals surface area contributed by atoms with Gasteiger partial charge in [-0.05, 0) is 71.5 Å². The summed E-state index contributed by atoms with van der Waals surface area (Å²) in [7, 11) is 0. The first-order chi connectivity index (χ1) is 14.6. The molecular formula is C24H18FNO3S. The molecule has 3 atom stereocenters. The highest BCUT2D eigenvalue weighted by Gasteiger charge is 2.44. The molecule has 1 heterocycles. The molecule has 0 saturated heterocycles. The van der Waals surface area contributed by atoms with Crippen molar-refractivity contribution in [1.82, 2.24) is 0 Å². The number of nitrogens with zero attached hydrogens (tertiary/aromatic N) is 1. The van der Waals surface area contributed by atoms with Gasteiger partial charge in [0.05, 0.1) is 5.92 Å². The van der Waals surface area contributed by atoms with Crippen LogP contribution in [0.5, 0.6) is 5.75 Å². The second kappa shape index (κ2) is 7.26. The van der Waals surface area contributed by atoms with E-state index in [1.807, 2.05) is 35.7 Å². The Labute approximate surface area is 177 Å². The van der Waals surface area contributed by atoms with Gasteiger partial charge in [0.2, 0.25) is 0 Å². The summed E-state index contributed by atoms with van der Waals surface area (Å²) < 4.78 is 20.9. The molecule has 0 aliphatic heterocycles. The van der Waals surface area contributed by atoms with Crippen molar-refractivity contribution in [3.8, 4) is 22.9 Å². The Kier molecular flexibility index (Phi) is 4.56. The normalized spacial score (nSPS) is 21.7. The van der Waals surface area contributed by atoms with Gasteiger partial charge in [0, 0.05) is 11.1 Å². The van der Waals surface area contributed by atoms with Gasteiger partial charge in [0.15, 0.2) is 0 Å². The molecule has 2 aromatic carbocycles. The van der Waals surface area contributed by atoms with Crippen LogP contribution < -0.4 is 4.74 Å². The minimum atomic E-state index is -0.751. The van der Waals surface area contributed by atoms with E-state index in [9.17, 15) is 14.4 Å². The molecule has 1 N–H and O–H groups in total. The number of halogens is 1. The predicted octanol–water partition coefficient (Wildman–Crippen LogP) is 5.68. The molecule has 1 unspecified atom stereocenters. The van der Waals surface area contributed by atoms with E-state index in [2.05, 4.69) is 6.07 Å². The molecule has 2 aliphatic carbocycles. The number of carboxylic acid groups (broad SMARTS) is 1. The number of thiophene rings is 1. The molecular weight excluding hydrogens is 401 g/mol. The van der Waals surface area contributed by atoms with Gasteiger partial charge in [0.1, 0.15) is 28.6 Å². The number of hydrogen-bond acceptors (Lipinski definition) is 4. The van der Waals surface area contributed by atoms with E-state index < -0.39 is 5.97 Å². The third-order valence-corrected chi connectivity index (χ3v) is 6.85. The summed E-state index contributed by atoms with van der Waals surface area (Å²) in [5.74, 6) is -0.615. The van der Waals surface area contributed by atoms with Crippen LogP contribution in [0, 0.1) is 23.1 Å².